The zero-order chi connectivity index (χ0) is 32.1. The summed E-state index contributed by atoms with van der Waals surface area (Å²) in [6.45, 7) is 5.49. The Bertz CT molecular complexity index is 1950. The summed E-state index contributed by atoms with van der Waals surface area (Å²) in [7, 11) is 1.59. The molecule has 2 aliphatic rings. The lowest BCUT2D eigenvalue weighted by molar-refractivity contribution is 0.0459. The van der Waals surface area contributed by atoms with E-state index in [4.69, 9.17) is 20.4 Å². The Morgan fingerprint density at radius 2 is 1.85 bits per heavy atom. The van der Waals surface area contributed by atoms with Gasteiger partial charge in [0.05, 0.1) is 36.3 Å². The Hall–Kier alpha value is -4.74. The fourth-order valence-electron chi connectivity index (χ4n) is 6.40. The Labute approximate surface area is 267 Å². The van der Waals surface area contributed by atoms with Gasteiger partial charge in [0, 0.05) is 48.3 Å². The van der Waals surface area contributed by atoms with Crippen molar-refractivity contribution in [2.75, 3.05) is 20.2 Å². The highest BCUT2D eigenvalue weighted by molar-refractivity contribution is 5.96. The van der Waals surface area contributed by atoms with E-state index < -0.39 is 12.1 Å². The number of amides is 2. The van der Waals surface area contributed by atoms with Gasteiger partial charge in [-0.25, -0.2) is 9.97 Å². The summed E-state index contributed by atoms with van der Waals surface area (Å²) in [6.07, 6.45) is 2.17. The molecular formula is C35H39N7O4. The van der Waals surface area contributed by atoms with E-state index in [0.29, 0.717) is 41.5 Å². The van der Waals surface area contributed by atoms with Gasteiger partial charge in [-0.2, -0.15) is 0 Å². The number of likely N-dealkylation sites (tertiary alicyclic amines) is 1. The lowest BCUT2D eigenvalue weighted by atomic mass is 10.0. The predicted octanol–water partition coefficient (Wildman–Crippen LogP) is 4.10. The second-order valence-corrected chi connectivity index (χ2v) is 12.6. The third kappa shape index (κ3) is 5.50. The molecule has 1 unspecified atom stereocenters. The van der Waals surface area contributed by atoms with Crippen molar-refractivity contribution in [3.8, 4) is 17.3 Å². The molecule has 1 aliphatic heterocycles. The molecule has 4 aromatic heterocycles. The Balaban J connectivity index is 1.26. The zero-order valence-corrected chi connectivity index (χ0v) is 26.3. The van der Waals surface area contributed by atoms with Crippen LogP contribution in [0.15, 0.2) is 60.7 Å². The highest BCUT2D eigenvalue weighted by Gasteiger charge is 2.30. The maximum Gasteiger partial charge on any atom is 0.254 e. The molecule has 11 nitrogen and oxygen atoms in total. The summed E-state index contributed by atoms with van der Waals surface area (Å²) in [4.78, 5) is 38.2. The van der Waals surface area contributed by atoms with Crippen molar-refractivity contribution in [1.82, 2.24) is 29.2 Å². The van der Waals surface area contributed by atoms with E-state index in [1.165, 1.54) is 12.8 Å². The number of carbonyl (C=O) groups excluding carboxylic acids is 2. The normalized spacial score (nSPS) is 19.0. The van der Waals surface area contributed by atoms with E-state index >= 15 is 0 Å². The Morgan fingerprint density at radius 3 is 2.57 bits per heavy atom. The van der Waals surface area contributed by atoms with Gasteiger partial charge in [-0.1, -0.05) is 18.2 Å². The van der Waals surface area contributed by atoms with Gasteiger partial charge in [-0.05, 0) is 75.4 Å². The fourth-order valence-corrected chi connectivity index (χ4v) is 6.40. The molecule has 0 radical (unpaired) electrons. The number of nitrogens with one attached hydrogen (secondary N) is 1. The summed E-state index contributed by atoms with van der Waals surface area (Å²) in [5.74, 6) is 0.766. The number of hydrogen-bond donors (Lipinski definition) is 3. The highest BCUT2D eigenvalue weighted by Crippen LogP contribution is 2.37. The van der Waals surface area contributed by atoms with Crippen LogP contribution in [-0.4, -0.2) is 73.1 Å². The number of aliphatic hydroxyl groups excluding tert-OH is 1. The highest BCUT2D eigenvalue weighted by atomic mass is 16.5. The summed E-state index contributed by atoms with van der Waals surface area (Å²) < 4.78 is 9.95. The molecule has 1 aliphatic carbocycles. The van der Waals surface area contributed by atoms with Gasteiger partial charge >= 0.3 is 0 Å². The maximum absolute atomic E-state index is 13.5. The van der Waals surface area contributed by atoms with Gasteiger partial charge in [0.15, 0.2) is 5.88 Å². The third-order valence-electron chi connectivity index (χ3n) is 9.25. The van der Waals surface area contributed by atoms with Crippen molar-refractivity contribution in [3.63, 3.8) is 0 Å². The van der Waals surface area contributed by atoms with Crippen molar-refractivity contribution in [1.29, 1.82) is 0 Å². The number of nitrogens with zero attached hydrogens (tertiary/aromatic N) is 5. The standard InChI is InChI=1S/C35H39N7O4/c1-20(37-34(44)23-7-5-4-6-8-23)27-12-11-24-15-28(41(33(24)38-27)18-22-9-10-22)32-21(2)42-30(39-32)16-25(17-31(42)46-3)35(45)40-14-13-29(43)26(36)19-40/h4-8,11-12,15-17,20,22,26,29,43H,9-10,13-14,18-19,36H2,1-3H3,(H,37,44)/t20-,26+,29?/m1/s1. The maximum atomic E-state index is 13.5. The topological polar surface area (TPSA) is 140 Å². The van der Waals surface area contributed by atoms with E-state index in [9.17, 15) is 14.7 Å². The lowest BCUT2D eigenvalue weighted by Gasteiger charge is -2.34. The number of carbonyl (C=O) groups is 2. The Morgan fingerprint density at radius 1 is 1.07 bits per heavy atom. The van der Waals surface area contributed by atoms with Gasteiger partial charge in [-0.3, -0.25) is 14.0 Å². The molecule has 1 saturated heterocycles. The minimum absolute atomic E-state index is 0.142. The summed E-state index contributed by atoms with van der Waals surface area (Å²) >= 11 is 0. The van der Waals surface area contributed by atoms with E-state index in [2.05, 4.69) is 22.0 Å². The largest absolute Gasteiger partial charge is 0.482 e. The number of rotatable bonds is 8. The van der Waals surface area contributed by atoms with Crippen molar-refractivity contribution in [2.24, 2.45) is 11.7 Å². The van der Waals surface area contributed by atoms with E-state index in [0.717, 1.165) is 40.4 Å². The van der Waals surface area contributed by atoms with Gasteiger partial charge < -0.3 is 30.4 Å². The van der Waals surface area contributed by atoms with Crippen LogP contribution >= 0.6 is 0 Å². The van der Waals surface area contributed by atoms with Gasteiger partial charge in [0.2, 0.25) is 0 Å². The first-order valence-corrected chi connectivity index (χ1v) is 15.9. The summed E-state index contributed by atoms with van der Waals surface area (Å²) in [5.41, 5.74) is 12.0. The molecule has 7 rings (SSSR count). The number of aliphatic hydroxyl groups is 1. The average molecular weight is 622 g/mol. The van der Waals surface area contributed by atoms with Crippen LogP contribution in [0.2, 0.25) is 0 Å². The molecule has 238 valence electrons. The van der Waals surface area contributed by atoms with Crippen LogP contribution in [0.4, 0.5) is 0 Å². The van der Waals surface area contributed by atoms with Crippen molar-refractivity contribution in [3.05, 3.63) is 83.2 Å². The van der Waals surface area contributed by atoms with Crippen LogP contribution in [0.3, 0.4) is 0 Å². The average Bonchev–Trinajstić information content (AvgIpc) is 3.74. The number of aromatic nitrogens is 4. The van der Waals surface area contributed by atoms with Crippen LogP contribution in [0.25, 0.3) is 28.1 Å². The fraction of sp³-hybridized carbons (Fsp3) is 0.371. The van der Waals surface area contributed by atoms with Crippen molar-refractivity contribution >= 4 is 28.5 Å². The molecule has 0 spiro atoms. The molecule has 5 aromatic rings. The minimum atomic E-state index is -0.609. The number of aryl methyl sites for hydroxylation is 1. The number of nitrogens with two attached hydrogens (primary N) is 1. The van der Waals surface area contributed by atoms with Crippen LogP contribution in [-0.2, 0) is 6.54 Å². The number of methoxy groups -OCH3 is 1. The van der Waals surface area contributed by atoms with Crippen LogP contribution in [0.5, 0.6) is 5.88 Å². The number of imidazole rings is 1. The van der Waals surface area contributed by atoms with Crippen molar-refractivity contribution < 1.29 is 19.4 Å². The number of pyridine rings is 2. The van der Waals surface area contributed by atoms with Gasteiger partial charge in [-0.15, -0.1) is 0 Å². The molecule has 2 fully saturated rings. The lowest BCUT2D eigenvalue weighted by Crippen LogP contribution is -2.53. The molecule has 1 aromatic carbocycles. The van der Waals surface area contributed by atoms with Gasteiger partial charge in [0.25, 0.3) is 11.8 Å². The van der Waals surface area contributed by atoms with Crippen LogP contribution < -0.4 is 15.8 Å². The number of fused-ring (bicyclic) bond motifs is 2. The van der Waals surface area contributed by atoms with Crippen molar-refractivity contribution in [2.45, 2.75) is 57.8 Å². The first-order valence-electron chi connectivity index (χ1n) is 15.9. The number of piperidine rings is 1. The minimum Gasteiger partial charge on any atom is -0.482 e. The smallest absolute Gasteiger partial charge is 0.254 e. The zero-order valence-electron chi connectivity index (χ0n) is 26.3. The second-order valence-electron chi connectivity index (χ2n) is 12.6. The predicted molar refractivity (Wildman–Crippen MR) is 175 cm³/mol. The molecule has 46 heavy (non-hydrogen) atoms. The van der Waals surface area contributed by atoms with Crippen LogP contribution in [0.1, 0.15) is 64.3 Å². The number of hydrogen-bond acceptors (Lipinski definition) is 7. The monoisotopic (exact) mass is 621 g/mol. The molecule has 1 saturated carbocycles. The SMILES string of the molecule is COc1cc(C(=O)N2CCC(O)[C@@H](N)C2)cc2nc(-c3cc4ccc([C@@H](C)NC(=O)c5ccccc5)nc4n3CC3CC3)c(C)n12. The molecule has 11 heteroatoms. The van der Waals surface area contributed by atoms with E-state index in [-0.39, 0.29) is 24.4 Å². The quantitative estimate of drug-likeness (QED) is 0.237. The molecule has 5 heterocycles. The van der Waals surface area contributed by atoms with E-state index in [1.54, 1.807) is 36.3 Å². The molecular weight excluding hydrogens is 582 g/mol. The Kier molecular flexibility index (Phi) is 7.74. The first-order chi connectivity index (χ1) is 22.2. The molecule has 2 amide bonds. The van der Waals surface area contributed by atoms with E-state index in [1.807, 2.05) is 42.5 Å². The first kappa shape index (κ1) is 29.9. The van der Waals surface area contributed by atoms with Crippen LogP contribution in [0, 0.1) is 12.8 Å². The summed E-state index contributed by atoms with van der Waals surface area (Å²) in [6, 6.07) is 18.1. The number of ether oxygens (including phenoxy) is 1. The molecule has 3 atom stereocenters. The third-order valence-corrected chi connectivity index (χ3v) is 9.25. The summed E-state index contributed by atoms with van der Waals surface area (Å²) in [5, 5.41) is 14.1. The number of benzene rings is 1. The second kappa shape index (κ2) is 11.9. The molecule has 0 bridgehead atoms. The molecule has 4 N–H and O–H groups in total. The van der Waals surface area contributed by atoms with Gasteiger partial charge in [0.1, 0.15) is 17.0 Å².